The number of carbonyl (C=O) groups is 1. The van der Waals surface area contributed by atoms with E-state index in [0.29, 0.717) is 12.3 Å². The van der Waals surface area contributed by atoms with E-state index in [2.05, 4.69) is 15.0 Å². The molecule has 26 heavy (non-hydrogen) atoms. The van der Waals surface area contributed by atoms with Crippen molar-refractivity contribution in [3.05, 3.63) is 48.7 Å². The van der Waals surface area contributed by atoms with Crippen molar-refractivity contribution in [2.75, 3.05) is 25.4 Å². The molecule has 8 nitrogen and oxygen atoms in total. The van der Waals surface area contributed by atoms with Gasteiger partial charge in [0.2, 0.25) is 5.88 Å². The number of pyridine rings is 1. The zero-order chi connectivity index (χ0) is 18.2. The number of likely N-dealkylation sites (tertiary alicyclic amines) is 1. The van der Waals surface area contributed by atoms with Gasteiger partial charge < -0.3 is 9.64 Å². The Morgan fingerprint density at radius 2 is 2.08 bits per heavy atom. The van der Waals surface area contributed by atoms with E-state index in [-0.39, 0.29) is 43.0 Å². The second-order valence-corrected chi connectivity index (χ2v) is 9.05. The number of nitrogens with zero attached hydrogens (tertiary/aromatic N) is 4. The molecule has 1 spiro atoms. The molecule has 0 saturated carbocycles. The molecule has 0 aliphatic carbocycles. The third-order valence-corrected chi connectivity index (χ3v) is 7.78. The predicted octanol–water partition coefficient (Wildman–Crippen LogP) is 0.580. The Morgan fingerprint density at radius 1 is 1.23 bits per heavy atom. The molecule has 2 aliphatic rings. The van der Waals surface area contributed by atoms with Crippen LogP contribution in [0.5, 0.6) is 5.88 Å². The topological polar surface area (TPSA) is 102 Å². The molecule has 4 rings (SSSR count). The van der Waals surface area contributed by atoms with Crippen LogP contribution in [0, 0.1) is 5.92 Å². The fourth-order valence-corrected chi connectivity index (χ4v) is 6.05. The first kappa shape index (κ1) is 16.9. The summed E-state index contributed by atoms with van der Waals surface area (Å²) in [5.74, 6) is 0.160. The van der Waals surface area contributed by atoms with E-state index in [0.717, 1.165) is 0 Å². The zero-order valence-corrected chi connectivity index (χ0v) is 14.8. The molecule has 2 aromatic rings. The van der Waals surface area contributed by atoms with E-state index in [4.69, 9.17) is 4.74 Å². The minimum absolute atomic E-state index is 0.124. The highest BCUT2D eigenvalue weighted by atomic mass is 32.2. The summed E-state index contributed by atoms with van der Waals surface area (Å²) in [4.78, 5) is 25.8. The number of carbonyl (C=O) groups excluding carboxylic acids is 1. The summed E-state index contributed by atoms with van der Waals surface area (Å²) >= 11 is 0. The molecule has 1 atom stereocenters. The average Bonchev–Trinajstić information content (AvgIpc) is 2.90. The van der Waals surface area contributed by atoms with Crippen LogP contribution in [-0.4, -0.2) is 64.4 Å². The Morgan fingerprint density at radius 3 is 2.77 bits per heavy atom. The number of ether oxygens (including phenoxy) is 1. The minimum Gasteiger partial charge on any atom is -0.477 e. The number of hydrogen-bond acceptors (Lipinski definition) is 7. The van der Waals surface area contributed by atoms with Crippen LogP contribution < -0.4 is 4.74 Å². The summed E-state index contributed by atoms with van der Waals surface area (Å²) < 4.78 is 30.1. The molecule has 2 aliphatic heterocycles. The highest BCUT2D eigenvalue weighted by molar-refractivity contribution is 7.93. The third-order valence-electron chi connectivity index (χ3n) is 5.17. The van der Waals surface area contributed by atoms with Crippen molar-refractivity contribution >= 4 is 15.7 Å². The maximum atomic E-state index is 12.7. The van der Waals surface area contributed by atoms with Crippen LogP contribution >= 0.6 is 0 Å². The van der Waals surface area contributed by atoms with Crippen LogP contribution in [-0.2, 0) is 9.84 Å². The first-order valence-electron chi connectivity index (χ1n) is 8.33. The molecule has 0 N–H and O–H groups in total. The lowest BCUT2D eigenvalue weighted by Gasteiger charge is -2.49. The summed E-state index contributed by atoms with van der Waals surface area (Å²) in [7, 11) is -3.28. The summed E-state index contributed by atoms with van der Waals surface area (Å²) in [6.45, 7) is 0.620. The predicted molar refractivity (Wildman–Crippen MR) is 92.3 cm³/mol. The quantitative estimate of drug-likeness (QED) is 0.771. The Bertz CT molecular complexity index is 899. The van der Waals surface area contributed by atoms with Crippen LogP contribution in [0.4, 0.5) is 0 Å². The van der Waals surface area contributed by atoms with E-state index in [1.165, 1.54) is 23.5 Å². The smallest absolute Gasteiger partial charge is 0.272 e. The van der Waals surface area contributed by atoms with Gasteiger partial charge in [0.15, 0.2) is 9.84 Å². The van der Waals surface area contributed by atoms with Gasteiger partial charge in [0, 0.05) is 37.5 Å². The highest BCUT2D eigenvalue weighted by Crippen LogP contribution is 2.45. The molecule has 0 unspecified atom stereocenters. The number of hydrogen-bond donors (Lipinski definition) is 0. The van der Waals surface area contributed by atoms with Gasteiger partial charge in [0.1, 0.15) is 16.8 Å². The molecule has 4 heterocycles. The number of aromatic nitrogens is 3. The molecular weight excluding hydrogens is 356 g/mol. The average molecular weight is 374 g/mol. The van der Waals surface area contributed by atoms with E-state index >= 15 is 0 Å². The van der Waals surface area contributed by atoms with E-state index in [1.807, 2.05) is 6.07 Å². The van der Waals surface area contributed by atoms with Crippen molar-refractivity contribution in [1.82, 2.24) is 19.9 Å². The fraction of sp³-hybridized carbons (Fsp3) is 0.412. The maximum absolute atomic E-state index is 12.7. The Balaban J connectivity index is 1.47. The molecule has 0 aromatic carbocycles. The summed E-state index contributed by atoms with van der Waals surface area (Å²) in [5, 5.41) is 0. The normalized spacial score (nSPS) is 22.8. The van der Waals surface area contributed by atoms with Gasteiger partial charge in [-0.15, -0.1) is 0 Å². The second kappa shape index (κ2) is 6.31. The molecule has 0 bridgehead atoms. The maximum Gasteiger partial charge on any atom is 0.272 e. The summed E-state index contributed by atoms with van der Waals surface area (Å²) in [6, 6.07) is 6.87. The lowest BCUT2D eigenvalue weighted by atomic mass is 9.83. The van der Waals surface area contributed by atoms with Crippen molar-refractivity contribution in [1.29, 1.82) is 0 Å². The summed E-state index contributed by atoms with van der Waals surface area (Å²) in [6.07, 6.45) is 4.96. The monoisotopic (exact) mass is 374 g/mol. The Hall–Kier alpha value is -2.55. The summed E-state index contributed by atoms with van der Waals surface area (Å²) in [5.41, 5.74) is 0.270. The highest BCUT2D eigenvalue weighted by Gasteiger charge is 2.62. The van der Waals surface area contributed by atoms with Gasteiger partial charge in [-0.3, -0.25) is 4.79 Å². The Kier molecular flexibility index (Phi) is 4.10. The SMILES string of the molecule is O=C(c1ccncn1)N1CC2(C1)[C@H](COc1ccccn1)CCS2(=O)=O. The van der Waals surface area contributed by atoms with E-state index < -0.39 is 14.6 Å². The van der Waals surface area contributed by atoms with Crippen molar-refractivity contribution < 1.29 is 17.9 Å². The van der Waals surface area contributed by atoms with Gasteiger partial charge in [-0.1, -0.05) is 6.07 Å². The zero-order valence-electron chi connectivity index (χ0n) is 14.0. The van der Waals surface area contributed by atoms with Crippen molar-refractivity contribution in [2.45, 2.75) is 11.2 Å². The van der Waals surface area contributed by atoms with Crippen LogP contribution in [0.3, 0.4) is 0 Å². The van der Waals surface area contributed by atoms with Gasteiger partial charge in [0.25, 0.3) is 5.91 Å². The first-order chi connectivity index (χ1) is 12.5. The van der Waals surface area contributed by atoms with Crippen LogP contribution in [0.2, 0.25) is 0 Å². The van der Waals surface area contributed by atoms with E-state index in [9.17, 15) is 13.2 Å². The standard InChI is InChI=1S/C17H18N4O4S/c22-16(14-4-7-18-12-20-14)21-10-17(11-21)13(5-8-26(17,23)24)9-25-15-3-1-2-6-19-15/h1-4,6-7,12-13H,5,8-11H2/t13-/m0/s1. The van der Waals surface area contributed by atoms with Crippen LogP contribution in [0.1, 0.15) is 16.9 Å². The molecule has 2 fully saturated rings. The lowest BCUT2D eigenvalue weighted by molar-refractivity contribution is 0.0401. The van der Waals surface area contributed by atoms with Gasteiger partial charge >= 0.3 is 0 Å². The molecular formula is C17H18N4O4S. The first-order valence-corrected chi connectivity index (χ1v) is 9.98. The van der Waals surface area contributed by atoms with Crippen molar-refractivity contribution in [2.24, 2.45) is 5.92 Å². The molecule has 2 saturated heterocycles. The van der Waals surface area contributed by atoms with Gasteiger partial charge in [-0.25, -0.2) is 23.4 Å². The number of amides is 1. The van der Waals surface area contributed by atoms with Crippen molar-refractivity contribution in [3.8, 4) is 5.88 Å². The van der Waals surface area contributed by atoms with Crippen LogP contribution in [0.25, 0.3) is 0 Å². The molecule has 1 amide bonds. The van der Waals surface area contributed by atoms with E-state index in [1.54, 1.807) is 18.3 Å². The molecule has 0 radical (unpaired) electrons. The van der Waals surface area contributed by atoms with Gasteiger partial charge in [-0.2, -0.15) is 0 Å². The minimum atomic E-state index is -3.28. The number of rotatable bonds is 4. The second-order valence-electron chi connectivity index (χ2n) is 6.60. The third kappa shape index (κ3) is 2.72. The number of sulfone groups is 1. The lowest BCUT2D eigenvalue weighted by Crippen LogP contribution is -2.69. The molecule has 2 aromatic heterocycles. The van der Waals surface area contributed by atoms with Gasteiger partial charge in [-0.05, 0) is 18.6 Å². The molecule has 9 heteroatoms. The fourth-order valence-electron chi connectivity index (χ4n) is 3.65. The van der Waals surface area contributed by atoms with Crippen molar-refractivity contribution in [3.63, 3.8) is 0 Å². The Labute approximate surface area is 151 Å². The van der Waals surface area contributed by atoms with Gasteiger partial charge in [0.05, 0.1) is 12.4 Å². The van der Waals surface area contributed by atoms with Crippen LogP contribution in [0.15, 0.2) is 43.0 Å². The molecule has 136 valence electrons. The largest absolute Gasteiger partial charge is 0.477 e.